The molecular formula is C80H156O17P2. The molecule has 6 atom stereocenters. The minimum atomic E-state index is -4.96. The van der Waals surface area contributed by atoms with Crippen LogP contribution in [0.3, 0.4) is 0 Å². The molecule has 99 heavy (non-hydrogen) atoms. The van der Waals surface area contributed by atoms with Gasteiger partial charge in [-0.05, 0) is 31.6 Å². The van der Waals surface area contributed by atoms with Gasteiger partial charge in [0.05, 0.1) is 26.4 Å². The molecule has 0 aromatic heterocycles. The number of phosphoric acid groups is 2. The molecule has 588 valence electrons. The van der Waals surface area contributed by atoms with E-state index in [4.69, 9.17) is 37.0 Å². The van der Waals surface area contributed by atoms with Crippen molar-refractivity contribution in [2.75, 3.05) is 39.6 Å². The predicted octanol–water partition coefficient (Wildman–Crippen LogP) is 24.0. The zero-order valence-corrected chi connectivity index (χ0v) is 66.4. The van der Waals surface area contributed by atoms with Crippen LogP contribution in [0, 0.1) is 5.92 Å². The van der Waals surface area contributed by atoms with E-state index in [0.29, 0.717) is 25.7 Å². The molecular weight excluding hydrogens is 1290 g/mol. The largest absolute Gasteiger partial charge is 0.472 e. The molecule has 0 spiro atoms. The van der Waals surface area contributed by atoms with Gasteiger partial charge in [0.2, 0.25) is 0 Å². The van der Waals surface area contributed by atoms with E-state index in [1.807, 2.05) is 0 Å². The number of phosphoric ester groups is 2. The number of aliphatic hydroxyl groups is 1. The first-order valence-corrected chi connectivity index (χ1v) is 44.7. The van der Waals surface area contributed by atoms with E-state index in [1.165, 1.54) is 250 Å². The van der Waals surface area contributed by atoms with Gasteiger partial charge in [-0.15, -0.1) is 0 Å². The summed E-state index contributed by atoms with van der Waals surface area (Å²) in [4.78, 5) is 73.0. The lowest BCUT2D eigenvalue weighted by Gasteiger charge is -2.21. The van der Waals surface area contributed by atoms with Gasteiger partial charge in [0.1, 0.15) is 19.3 Å². The van der Waals surface area contributed by atoms with Crippen molar-refractivity contribution in [3.05, 3.63) is 0 Å². The third-order valence-electron chi connectivity index (χ3n) is 19.1. The Bertz CT molecular complexity index is 1890. The quantitative estimate of drug-likeness (QED) is 0.0222. The third-order valence-corrected chi connectivity index (χ3v) is 21.0. The van der Waals surface area contributed by atoms with Crippen LogP contribution >= 0.6 is 15.6 Å². The number of rotatable bonds is 80. The van der Waals surface area contributed by atoms with E-state index < -0.39 is 97.5 Å². The molecule has 0 amide bonds. The molecule has 0 saturated carbocycles. The second kappa shape index (κ2) is 73.0. The molecule has 19 heteroatoms. The molecule has 0 heterocycles. The van der Waals surface area contributed by atoms with Crippen molar-refractivity contribution in [1.29, 1.82) is 0 Å². The van der Waals surface area contributed by atoms with Crippen molar-refractivity contribution in [2.24, 2.45) is 5.92 Å². The lowest BCUT2D eigenvalue weighted by atomic mass is 9.99. The summed E-state index contributed by atoms with van der Waals surface area (Å²) in [6, 6.07) is 0. The van der Waals surface area contributed by atoms with Crippen LogP contribution in [-0.4, -0.2) is 96.7 Å². The summed E-state index contributed by atoms with van der Waals surface area (Å²) in [6.07, 6.45) is 63.5. The van der Waals surface area contributed by atoms with Gasteiger partial charge in [-0.3, -0.25) is 37.3 Å². The second-order valence-corrected chi connectivity index (χ2v) is 32.0. The SMILES string of the molecule is CCCCCCCCCCCCCCCCCCC(=O)OC[C@H](COP(=O)(O)OC[C@@H](O)COP(=O)(O)OC[C@@H](COC(=O)CCCCCCCCCCCCCC)OC(=O)CCCCCCCCCCCCCCC)OC(=O)CCCCCCCCCCCCCCCCC(C)CC. The molecule has 0 saturated heterocycles. The molecule has 3 unspecified atom stereocenters. The first kappa shape index (κ1) is 97.1. The van der Waals surface area contributed by atoms with Gasteiger partial charge in [-0.1, -0.05) is 375 Å². The minimum absolute atomic E-state index is 0.108. The Hall–Kier alpha value is -1.94. The fourth-order valence-electron chi connectivity index (χ4n) is 12.4. The van der Waals surface area contributed by atoms with Crippen LogP contribution in [0.1, 0.15) is 426 Å². The Kier molecular flexibility index (Phi) is 71.6. The number of hydrogen-bond acceptors (Lipinski definition) is 15. The van der Waals surface area contributed by atoms with Gasteiger partial charge >= 0.3 is 39.5 Å². The number of esters is 4. The van der Waals surface area contributed by atoms with Crippen LogP contribution < -0.4 is 0 Å². The number of aliphatic hydroxyl groups excluding tert-OH is 1. The first-order chi connectivity index (χ1) is 48.1. The van der Waals surface area contributed by atoms with Crippen molar-refractivity contribution >= 4 is 39.5 Å². The van der Waals surface area contributed by atoms with Crippen molar-refractivity contribution in [2.45, 2.75) is 445 Å². The van der Waals surface area contributed by atoms with E-state index in [2.05, 4.69) is 34.6 Å². The summed E-state index contributed by atoms with van der Waals surface area (Å²) in [5, 5.41) is 10.6. The summed E-state index contributed by atoms with van der Waals surface area (Å²) >= 11 is 0. The Morgan fingerprint density at radius 3 is 0.717 bits per heavy atom. The molecule has 0 aromatic rings. The summed E-state index contributed by atoms with van der Waals surface area (Å²) in [5.41, 5.74) is 0. The van der Waals surface area contributed by atoms with Crippen molar-refractivity contribution in [3.63, 3.8) is 0 Å². The Labute approximate surface area is 607 Å². The zero-order valence-electron chi connectivity index (χ0n) is 64.6. The van der Waals surface area contributed by atoms with Crippen LogP contribution in [0.25, 0.3) is 0 Å². The highest BCUT2D eigenvalue weighted by atomic mass is 31.2. The Balaban J connectivity index is 5.26. The highest BCUT2D eigenvalue weighted by Gasteiger charge is 2.30. The van der Waals surface area contributed by atoms with Crippen LogP contribution in [0.4, 0.5) is 0 Å². The molecule has 0 rings (SSSR count). The number of ether oxygens (including phenoxy) is 4. The van der Waals surface area contributed by atoms with E-state index in [-0.39, 0.29) is 25.7 Å². The molecule has 0 fully saturated rings. The summed E-state index contributed by atoms with van der Waals surface area (Å²) in [6.45, 7) is 7.39. The first-order valence-electron chi connectivity index (χ1n) is 41.7. The third kappa shape index (κ3) is 72.8. The lowest BCUT2D eigenvalue weighted by molar-refractivity contribution is -0.161. The zero-order chi connectivity index (χ0) is 72.7. The van der Waals surface area contributed by atoms with E-state index in [1.54, 1.807) is 0 Å². The number of carbonyl (C=O) groups excluding carboxylic acids is 4. The number of hydrogen-bond donors (Lipinski definition) is 3. The Morgan fingerprint density at radius 2 is 0.485 bits per heavy atom. The summed E-state index contributed by atoms with van der Waals surface area (Å²) in [5.74, 6) is -1.26. The average molecular weight is 1450 g/mol. The van der Waals surface area contributed by atoms with Gasteiger partial charge in [0.15, 0.2) is 12.2 Å². The maximum Gasteiger partial charge on any atom is 0.472 e. The second-order valence-electron chi connectivity index (χ2n) is 29.1. The van der Waals surface area contributed by atoms with Crippen molar-refractivity contribution in [1.82, 2.24) is 0 Å². The van der Waals surface area contributed by atoms with Crippen LogP contribution in [0.2, 0.25) is 0 Å². The monoisotopic (exact) mass is 1450 g/mol. The smallest absolute Gasteiger partial charge is 0.462 e. The normalized spacial score (nSPS) is 14.1. The van der Waals surface area contributed by atoms with Crippen LogP contribution in [0.5, 0.6) is 0 Å². The van der Waals surface area contributed by atoms with Gasteiger partial charge in [-0.2, -0.15) is 0 Å². The van der Waals surface area contributed by atoms with Gasteiger partial charge < -0.3 is 33.8 Å². The fraction of sp³-hybridized carbons (Fsp3) is 0.950. The van der Waals surface area contributed by atoms with Gasteiger partial charge in [0, 0.05) is 25.7 Å². The minimum Gasteiger partial charge on any atom is -0.462 e. The van der Waals surface area contributed by atoms with E-state index in [9.17, 15) is 43.2 Å². The molecule has 3 N–H and O–H groups in total. The van der Waals surface area contributed by atoms with Crippen LogP contribution in [-0.2, 0) is 65.4 Å². The highest BCUT2D eigenvalue weighted by Crippen LogP contribution is 2.45. The highest BCUT2D eigenvalue weighted by molar-refractivity contribution is 7.47. The van der Waals surface area contributed by atoms with Crippen molar-refractivity contribution < 1.29 is 80.2 Å². The lowest BCUT2D eigenvalue weighted by Crippen LogP contribution is -2.30. The molecule has 0 aromatic carbocycles. The molecule has 17 nitrogen and oxygen atoms in total. The maximum atomic E-state index is 13.1. The Morgan fingerprint density at radius 1 is 0.283 bits per heavy atom. The molecule has 0 aliphatic carbocycles. The van der Waals surface area contributed by atoms with Gasteiger partial charge in [-0.25, -0.2) is 9.13 Å². The fourth-order valence-corrected chi connectivity index (χ4v) is 14.0. The maximum absolute atomic E-state index is 13.1. The molecule has 0 aliphatic heterocycles. The number of unbranched alkanes of at least 4 members (excludes halogenated alkanes) is 51. The molecule has 0 radical (unpaired) electrons. The summed E-state index contributed by atoms with van der Waals surface area (Å²) < 4.78 is 68.7. The van der Waals surface area contributed by atoms with Crippen molar-refractivity contribution in [3.8, 4) is 0 Å². The standard InChI is InChI=1S/C80H156O17P2/c1-6-10-13-16-19-22-25-28-29-30-35-39-44-49-54-59-64-78(83)91-70-76(97-80(85)66-61-56-51-46-41-36-32-31-34-37-42-47-52-57-62-73(5)9-4)72-95-99(88,89)93-68-74(81)67-92-98(86,87)94-71-75(69-90-77(82)63-58-53-48-43-38-27-24-21-18-15-12-8-3)96-79(84)65-60-55-50-45-40-33-26-23-20-17-14-11-7-2/h73-76,81H,6-72H2,1-5H3,(H,86,87)(H,88,89)/t73?,74-,75+,76+/m0/s1. The molecule has 0 aliphatic rings. The number of carbonyl (C=O) groups is 4. The van der Waals surface area contributed by atoms with Crippen LogP contribution in [0.15, 0.2) is 0 Å². The average Bonchev–Trinajstić information content (AvgIpc) is 1.08. The van der Waals surface area contributed by atoms with Gasteiger partial charge in [0.25, 0.3) is 0 Å². The summed E-state index contributed by atoms with van der Waals surface area (Å²) in [7, 11) is -9.92. The van der Waals surface area contributed by atoms with E-state index in [0.717, 1.165) is 95.8 Å². The predicted molar refractivity (Wildman–Crippen MR) is 405 cm³/mol. The van der Waals surface area contributed by atoms with E-state index >= 15 is 0 Å². The molecule has 0 bridgehead atoms. The topological polar surface area (TPSA) is 237 Å².